The largest absolute Gasteiger partial charge is 0.358 e. The average molecular weight is 313 g/mol. The highest BCUT2D eigenvalue weighted by Gasteiger charge is 2.39. The van der Waals surface area contributed by atoms with E-state index in [4.69, 9.17) is 5.14 Å². The van der Waals surface area contributed by atoms with E-state index in [9.17, 15) is 12.8 Å². The standard InChI is InChI=1S/C12H12FN3O2S2/c13-8-3-1-2-7(4-8)9-5-10(9)16-12-15-6-11(19-12)20(14,17)18/h1-4,6,9-10H,5H2,(H,15,16)(H2,14,17,18)/t9-,10+/m0/s1. The van der Waals surface area contributed by atoms with E-state index in [0.717, 1.165) is 23.3 Å². The van der Waals surface area contributed by atoms with Gasteiger partial charge in [-0.3, -0.25) is 0 Å². The van der Waals surface area contributed by atoms with E-state index in [0.29, 0.717) is 5.13 Å². The number of hydrogen-bond donors (Lipinski definition) is 2. The molecular weight excluding hydrogens is 301 g/mol. The number of benzene rings is 1. The molecule has 2 atom stereocenters. The van der Waals surface area contributed by atoms with Crippen molar-refractivity contribution in [3.8, 4) is 0 Å². The molecule has 106 valence electrons. The lowest BCUT2D eigenvalue weighted by Gasteiger charge is -2.02. The molecule has 1 aliphatic carbocycles. The molecule has 0 unspecified atom stereocenters. The first-order valence-electron chi connectivity index (χ1n) is 5.94. The fraction of sp³-hybridized carbons (Fsp3) is 0.250. The topological polar surface area (TPSA) is 85.1 Å². The number of nitrogens with one attached hydrogen (secondary N) is 1. The van der Waals surface area contributed by atoms with Crippen LogP contribution in [0.1, 0.15) is 17.9 Å². The van der Waals surface area contributed by atoms with Crippen molar-refractivity contribution >= 4 is 26.5 Å². The Kier molecular flexibility index (Phi) is 3.23. The lowest BCUT2D eigenvalue weighted by molar-refractivity contribution is 0.599. The molecule has 1 fully saturated rings. The molecule has 1 aliphatic rings. The highest BCUT2D eigenvalue weighted by molar-refractivity contribution is 7.91. The fourth-order valence-corrected chi connectivity index (χ4v) is 3.59. The van der Waals surface area contributed by atoms with Crippen molar-refractivity contribution in [2.75, 3.05) is 5.32 Å². The maximum absolute atomic E-state index is 13.1. The van der Waals surface area contributed by atoms with Crippen molar-refractivity contribution in [2.24, 2.45) is 5.14 Å². The summed E-state index contributed by atoms with van der Waals surface area (Å²) in [4.78, 5) is 3.98. The van der Waals surface area contributed by atoms with Gasteiger partial charge in [-0.1, -0.05) is 23.5 Å². The van der Waals surface area contributed by atoms with Gasteiger partial charge in [0.25, 0.3) is 0 Å². The molecule has 20 heavy (non-hydrogen) atoms. The van der Waals surface area contributed by atoms with Crippen LogP contribution < -0.4 is 10.5 Å². The molecular formula is C12H12FN3O2S2. The summed E-state index contributed by atoms with van der Waals surface area (Å²) in [5, 5.41) is 8.68. The third kappa shape index (κ3) is 2.82. The quantitative estimate of drug-likeness (QED) is 0.903. The number of nitrogens with zero attached hydrogens (tertiary/aromatic N) is 1. The second-order valence-corrected chi connectivity index (χ2v) is 7.50. The SMILES string of the molecule is NS(=O)(=O)c1cnc(N[C@@H]2C[C@H]2c2cccc(F)c2)s1. The zero-order chi connectivity index (χ0) is 14.3. The van der Waals surface area contributed by atoms with Crippen LogP contribution in [0.25, 0.3) is 0 Å². The molecule has 1 heterocycles. The Morgan fingerprint density at radius 3 is 2.90 bits per heavy atom. The highest BCUT2D eigenvalue weighted by atomic mass is 32.2. The van der Waals surface area contributed by atoms with Crippen LogP contribution in [0, 0.1) is 5.82 Å². The highest BCUT2D eigenvalue weighted by Crippen LogP contribution is 2.43. The van der Waals surface area contributed by atoms with Gasteiger partial charge in [0.15, 0.2) is 9.34 Å². The monoisotopic (exact) mass is 313 g/mol. The number of anilines is 1. The molecule has 8 heteroatoms. The second kappa shape index (κ2) is 4.80. The fourth-order valence-electron chi connectivity index (χ4n) is 2.08. The normalized spacial score (nSPS) is 21.7. The van der Waals surface area contributed by atoms with Gasteiger partial charge in [0.2, 0.25) is 10.0 Å². The molecule has 0 amide bonds. The summed E-state index contributed by atoms with van der Waals surface area (Å²) in [7, 11) is -3.70. The third-order valence-electron chi connectivity index (χ3n) is 3.14. The molecule has 1 saturated carbocycles. The van der Waals surface area contributed by atoms with E-state index in [1.807, 2.05) is 6.07 Å². The first-order valence-corrected chi connectivity index (χ1v) is 8.30. The summed E-state index contributed by atoms with van der Waals surface area (Å²) in [5.41, 5.74) is 0.936. The number of hydrogen-bond acceptors (Lipinski definition) is 5. The van der Waals surface area contributed by atoms with Gasteiger partial charge in [-0.2, -0.15) is 0 Å². The van der Waals surface area contributed by atoms with E-state index in [1.54, 1.807) is 6.07 Å². The molecule has 0 spiro atoms. The van der Waals surface area contributed by atoms with Crippen LogP contribution in [0.5, 0.6) is 0 Å². The lowest BCUT2D eigenvalue weighted by Crippen LogP contribution is -2.10. The summed E-state index contributed by atoms with van der Waals surface area (Å²) in [6.45, 7) is 0. The van der Waals surface area contributed by atoms with E-state index < -0.39 is 10.0 Å². The van der Waals surface area contributed by atoms with E-state index in [1.165, 1.54) is 18.3 Å². The van der Waals surface area contributed by atoms with Gasteiger partial charge < -0.3 is 5.32 Å². The Balaban J connectivity index is 1.68. The molecule has 0 radical (unpaired) electrons. The van der Waals surface area contributed by atoms with Crippen LogP contribution >= 0.6 is 11.3 Å². The van der Waals surface area contributed by atoms with Crippen LogP contribution in [0.3, 0.4) is 0 Å². The van der Waals surface area contributed by atoms with Gasteiger partial charge in [0.05, 0.1) is 6.20 Å². The van der Waals surface area contributed by atoms with Crippen LogP contribution in [0.15, 0.2) is 34.7 Å². The smallest absolute Gasteiger partial charge is 0.249 e. The minimum Gasteiger partial charge on any atom is -0.358 e. The maximum Gasteiger partial charge on any atom is 0.249 e. The molecule has 1 aromatic carbocycles. The van der Waals surface area contributed by atoms with E-state index in [2.05, 4.69) is 10.3 Å². The molecule has 5 nitrogen and oxygen atoms in total. The van der Waals surface area contributed by atoms with Crippen molar-refractivity contribution in [1.82, 2.24) is 4.98 Å². The summed E-state index contributed by atoms with van der Waals surface area (Å²) in [5.74, 6) is -0.0218. The Morgan fingerprint density at radius 1 is 1.45 bits per heavy atom. The van der Waals surface area contributed by atoms with Crippen LogP contribution in [0.2, 0.25) is 0 Å². The molecule has 0 bridgehead atoms. The predicted octanol–water partition coefficient (Wildman–Crippen LogP) is 1.90. The number of primary sulfonamides is 1. The second-order valence-electron chi connectivity index (χ2n) is 4.68. The third-order valence-corrected chi connectivity index (χ3v) is 5.48. The summed E-state index contributed by atoms with van der Waals surface area (Å²) < 4.78 is 35.5. The van der Waals surface area contributed by atoms with Gasteiger partial charge >= 0.3 is 0 Å². The molecule has 1 aromatic heterocycles. The van der Waals surface area contributed by atoms with Crippen molar-refractivity contribution in [3.63, 3.8) is 0 Å². The van der Waals surface area contributed by atoms with Crippen molar-refractivity contribution in [3.05, 3.63) is 41.8 Å². The molecule has 2 aromatic rings. The van der Waals surface area contributed by atoms with Gasteiger partial charge in [-0.25, -0.2) is 22.9 Å². The van der Waals surface area contributed by atoms with Crippen LogP contribution in [-0.2, 0) is 10.0 Å². The average Bonchev–Trinajstić information content (AvgIpc) is 2.94. The Labute approximate surface area is 119 Å². The van der Waals surface area contributed by atoms with Gasteiger partial charge in [0.1, 0.15) is 5.82 Å². The van der Waals surface area contributed by atoms with Crippen LogP contribution in [0.4, 0.5) is 9.52 Å². The van der Waals surface area contributed by atoms with Gasteiger partial charge in [-0.15, -0.1) is 0 Å². The first kappa shape index (κ1) is 13.5. The number of halogens is 1. The Bertz CT molecular complexity index is 745. The van der Waals surface area contributed by atoms with Crippen molar-refractivity contribution < 1.29 is 12.8 Å². The Morgan fingerprint density at radius 2 is 2.25 bits per heavy atom. The number of aromatic nitrogens is 1. The number of thiazole rings is 1. The lowest BCUT2D eigenvalue weighted by atomic mass is 10.1. The van der Waals surface area contributed by atoms with Gasteiger partial charge in [0, 0.05) is 12.0 Å². The minimum absolute atomic E-state index is 0.0305. The number of sulfonamides is 1. The van der Waals surface area contributed by atoms with E-state index in [-0.39, 0.29) is 22.0 Å². The van der Waals surface area contributed by atoms with E-state index >= 15 is 0 Å². The van der Waals surface area contributed by atoms with Crippen molar-refractivity contribution in [1.29, 1.82) is 0 Å². The molecule has 0 saturated heterocycles. The Hall–Kier alpha value is -1.51. The summed E-state index contributed by atoms with van der Waals surface area (Å²) in [6, 6.07) is 6.64. The van der Waals surface area contributed by atoms with Crippen molar-refractivity contribution in [2.45, 2.75) is 22.6 Å². The number of nitrogens with two attached hydrogens (primary N) is 1. The number of rotatable bonds is 4. The predicted molar refractivity (Wildman–Crippen MR) is 74.7 cm³/mol. The maximum atomic E-state index is 13.1. The molecule has 3 rings (SSSR count). The summed E-state index contributed by atoms with van der Waals surface area (Å²) >= 11 is 0.999. The van der Waals surface area contributed by atoms with Gasteiger partial charge in [-0.05, 0) is 24.1 Å². The minimum atomic E-state index is -3.70. The zero-order valence-electron chi connectivity index (χ0n) is 10.3. The van der Waals surface area contributed by atoms with Crippen LogP contribution in [-0.4, -0.2) is 19.4 Å². The molecule has 3 N–H and O–H groups in total. The summed E-state index contributed by atoms with van der Waals surface area (Å²) in [6.07, 6.45) is 2.11. The molecule has 0 aliphatic heterocycles. The first-order chi connectivity index (χ1) is 9.43. The zero-order valence-corrected chi connectivity index (χ0v) is 11.9.